The molecule has 0 fully saturated rings. The van der Waals surface area contributed by atoms with Gasteiger partial charge < -0.3 is 5.11 Å². The summed E-state index contributed by atoms with van der Waals surface area (Å²) in [5, 5.41) is 8.98. The quantitative estimate of drug-likeness (QED) is 0.775. The van der Waals surface area contributed by atoms with Gasteiger partial charge in [-0.3, -0.25) is 0 Å². The first kappa shape index (κ1) is 18.1. The zero-order valence-corrected chi connectivity index (χ0v) is 14.2. The van der Waals surface area contributed by atoms with Gasteiger partial charge in [0.1, 0.15) is 0 Å². The second kappa shape index (κ2) is 7.92. The highest BCUT2D eigenvalue weighted by Crippen LogP contribution is 2.20. The minimum atomic E-state index is -3.33. The van der Waals surface area contributed by atoms with Crippen LogP contribution < -0.4 is 4.72 Å². The fraction of sp³-hybridized carbons (Fsp3) is 0.625. The fourth-order valence-electron chi connectivity index (χ4n) is 2.48. The van der Waals surface area contributed by atoms with Gasteiger partial charge in [-0.2, -0.15) is 0 Å². The van der Waals surface area contributed by atoms with E-state index in [1.807, 2.05) is 0 Å². The van der Waals surface area contributed by atoms with Crippen LogP contribution in [0, 0.1) is 17.8 Å². The van der Waals surface area contributed by atoms with Crippen LogP contribution >= 0.6 is 0 Å². The Kier molecular flexibility index (Phi) is 6.84. The summed E-state index contributed by atoms with van der Waals surface area (Å²) in [4.78, 5) is 0. The molecule has 0 aliphatic carbocycles. The summed E-state index contributed by atoms with van der Waals surface area (Å²) in [7, 11) is -3.33. The first-order valence-corrected chi connectivity index (χ1v) is 9.06. The standard InChI is InChI=1S/C16H27NO3S/c1-12(2)16(13(3)4)9-17-21(19,20)11-15-7-5-14(10-18)6-8-15/h5-8,12-13,16-18H,9-11H2,1-4H3. The van der Waals surface area contributed by atoms with E-state index in [0.29, 0.717) is 24.3 Å². The number of sulfonamides is 1. The third-order valence-electron chi connectivity index (χ3n) is 3.81. The highest BCUT2D eigenvalue weighted by atomic mass is 32.2. The Bertz CT molecular complexity index is 513. The fourth-order valence-corrected chi connectivity index (χ4v) is 3.66. The van der Waals surface area contributed by atoms with Crippen LogP contribution in [-0.4, -0.2) is 20.1 Å². The average Bonchev–Trinajstić information content (AvgIpc) is 2.38. The van der Waals surface area contributed by atoms with Crippen LogP contribution in [0.15, 0.2) is 24.3 Å². The first-order valence-electron chi connectivity index (χ1n) is 7.41. The number of hydrogen-bond donors (Lipinski definition) is 2. The van der Waals surface area contributed by atoms with E-state index in [-0.39, 0.29) is 12.4 Å². The molecule has 0 aromatic heterocycles. The minimum Gasteiger partial charge on any atom is -0.392 e. The number of hydrogen-bond acceptors (Lipinski definition) is 3. The predicted molar refractivity (Wildman–Crippen MR) is 86.2 cm³/mol. The van der Waals surface area contributed by atoms with E-state index in [2.05, 4.69) is 32.4 Å². The SMILES string of the molecule is CC(C)C(CNS(=O)(=O)Cc1ccc(CO)cc1)C(C)C. The Morgan fingerprint density at radius 1 is 1.00 bits per heavy atom. The van der Waals surface area contributed by atoms with Gasteiger partial charge in [0, 0.05) is 6.54 Å². The zero-order chi connectivity index (χ0) is 16.0. The van der Waals surface area contributed by atoms with Crippen LogP contribution in [0.4, 0.5) is 0 Å². The molecule has 1 rings (SSSR count). The van der Waals surface area contributed by atoms with Gasteiger partial charge in [0.15, 0.2) is 0 Å². The lowest BCUT2D eigenvalue weighted by Crippen LogP contribution is -2.34. The van der Waals surface area contributed by atoms with Crippen molar-refractivity contribution in [3.8, 4) is 0 Å². The van der Waals surface area contributed by atoms with Gasteiger partial charge in [0.25, 0.3) is 0 Å². The Labute approximate surface area is 128 Å². The smallest absolute Gasteiger partial charge is 0.215 e. The summed E-state index contributed by atoms with van der Waals surface area (Å²) in [6.07, 6.45) is 0. The molecule has 0 unspecified atom stereocenters. The van der Waals surface area contributed by atoms with Crippen molar-refractivity contribution in [2.24, 2.45) is 17.8 Å². The molecular weight excluding hydrogens is 286 g/mol. The molecule has 1 aromatic rings. The van der Waals surface area contributed by atoms with Crippen molar-refractivity contribution in [3.63, 3.8) is 0 Å². The third kappa shape index (κ3) is 6.16. The van der Waals surface area contributed by atoms with E-state index in [0.717, 1.165) is 11.1 Å². The Hall–Kier alpha value is -0.910. The zero-order valence-electron chi connectivity index (χ0n) is 13.3. The van der Waals surface area contributed by atoms with Gasteiger partial charge in [-0.15, -0.1) is 0 Å². The molecule has 5 heteroatoms. The highest BCUT2D eigenvalue weighted by molar-refractivity contribution is 7.88. The normalized spacial score (nSPS) is 12.6. The van der Waals surface area contributed by atoms with E-state index in [1.54, 1.807) is 24.3 Å². The maximum Gasteiger partial charge on any atom is 0.215 e. The molecule has 0 radical (unpaired) electrons. The van der Waals surface area contributed by atoms with E-state index in [9.17, 15) is 8.42 Å². The maximum absolute atomic E-state index is 12.1. The summed E-state index contributed by atoms with van der Waals surface area (Å²) in [6.45, 7) is 8.92. The summed E-state index contributed by atoms with van der Waals surface area (Å²) in [5.74, 6) is 1.19. The second-order valence-corrected chi connectivity index (χ2v) is 8.04. The Morgan fingerprint density at radius 3 is 1.90 bits per heavy atom. The molecule has 0 saturated carbocycles. The van der Waals surface area contributed by atoms with Crippen LogP contribution in [-0.2, 0) is 22.4 Å². The van der Waals surface area contributed by atoms with E-state index < -0.39 is 10.0 Å². The second-order valence-electron chi connectivity index (χ2n) is 6.23. The molecule has 0 spiro atoms. The number of nitrogens with one attached hydrogen (secondary N) is 1. The van der Waals surface area contributed by atoms with Crippen LogP contribution in [0.2, 0.25) is 0 Å². The lowest BCUT2D eigenvalue weighted by molar-refractivity contribution is 0.282. The molecule has 0 amide bonds. The molecular formula is C16H27NO3S. The van der Waals surface area contributed by atoms with Crippen LogP contribution in [0.3, 0.4) is 0 Å². The molecule has 0 atom stereocenters. The number of aliphatic hydroxyl groups excluding tert-OH is 1. The average molecular weight is 313 g/mol. The number of benzene rings is 1. The maximum atomic E-state index is 12.1. The highest BCUT2D eigenvalue weighted by Gasteiger charge is 2.20. The monoisotopic (exact) mass is 313 g/mol. The summed E-state index contributed by atoms with van der Waals surface area (Å²) in [5.41, 5.74) is 1.51. The molecule has 0 bridgehead atoms. The van der Waals surface area contributed by atoms with Crippen molar-refractivity contribution in [1.29, 1.82) is 0 Å². The third-order valence-corrected chi connectivity index (χ3v) is 5.13. The van der Waals surface area contributed by atoms with Gasteiger partial charge in [-0.05, 0) is 28.9 Å². The summed E-state index contributed by atoms with van der Waals surface area (Å²) < 4.78 is 27.0. The molecule has 0 heterocycles. The van der Waals surface area contributed by atoms with Crippen LogP contribution in [0.5, 0.6) is 0 Å². The van der Waals surface area contributed by atoms with E-state index in [4.69, 9.17) is 5.11 Å². The van der Waals surface area contributed by atoms with Crippen molar-refractivity contribution in [2.45, 2.75) is 40.1 Å². The van der Waals surface area contributed by atoms with Gasteiger partial charge in [0.05, 0.1) is 12.4 Å². The van der Waals surface area contributed by atoms with Crippen molar-refractivity contribution in [1.82, 2.24) is 4.72 Å². The minimum absolute atomic E-state index is 0.0262. The number of aliphatic hydroxyl groups is 1. The number of rotatable bonds is 8. The van der Waals surface area contributed by atoms with E-state index >= 15 is 0 Å². The molecule has 0 aliphatic rings. The summed E-state index contributed by atoms with van der Waals surface area (Å²) in [6, 6.07) is 6.98. The first-order chi connectivity index (χ1) is 9.75. The van der Waals surface area contributed by atoms with Crippen molar-refractivity contribution < 1.29 is 13.5 Å². The van der Waals surface area contributed by atoms with Gasteiger partial charge in [-0.25, -0.2) is 13.1 Å². The van der Waals surface area contributed by atoms with Crippen molar-refractivity contribution in [2.75, 3.05) is 6.54 Å². The van der Waals surface area contributed by atoms with Crippen LogP contribution in [0.1, 0.15) is 38.8 Å². The summed E-state index contributed by atoms with van der Waals surface area (Å²) >= 11 is 0. The molecule has 2 N–H and O–H groups in total. The molecule has 0 saturated heterocycles. The predicted octanol–water partition coefficient (Wildman–Crippen LogP) is 2.53. The van der Waals surface area contributed by atoms with Gasteiger partial charge in [0.2, 0.25) is 10.0 Å². The van der Waals surface area contributed by atoms with Crippen molar-refractivity contribution in [3.05, 3.63) is 35.4 Å². The van der Waals surface area contributed by atoms with Crippen molar-refractivity contribution >= 4 is 10.0 Å². The van der Waals surface area contributed by atoms with Gasteiger partial charge >= 0.3 is 0 Å². The lowest BCUT2D eigenvalue weighted by Gasteiger charge is -2.25. The molecule has 0 aliphatic heterocycles. The Morgan fingerprint density at radius 2 is 1.48 bits per heavy atom. The van der Waals surface area contributed by atoms with E-state index in [1.165, 1.54) is 0 Å². The molecule has 4 nitrogen and oxygen atoms in total. The molecule has 21 heavy (non-hydrogen) atoms. The molecule has 120 valence electrons. The topological polar surface area (TPSA) is 66.4 Å². The van der Waals surface area contributed by atoms with Gasteiger partial charge in [-0.1, -0.05) is 52.0 Å². The lowest BCUT2D eigenvalue weighted by atomic mass is 9.86. The molecule has 1 aromatic carbocycles. The van der Waals surface area contributed by atoms with Crippen LogP contribution in [0.25, 0.3) is 0 Å². The Balaban J connectivity index is 2.64. The largest absolute Gasteiger partial charge is 0.392 e.